The van der Waals surface area contributed by atoms with Crippen molar-refractivity contribution in [2.75, 3.05) is 6.61 Å². The Morgan fingerprint density at radius 1 is 1.12 bits per heavy atom. The van der Waals surface area contributed by atoms with E-state index in [9.17, 15) is 0 Å². The minimum absolute atomic E-state index is 0.0132. The molecule has 3 rings (SSSR count). The Balaban J connectivity index is 1.99. The van der Waals surface area contributed by atoms with Crippen LogP contribution in [0.4, 0.5) is 0 Å². The lowest BCUT2D eigenvalue weighted by molar-refractivity contribution is -0.284. The first-order chi connectivity index (χ1) is 7.41. The Bertz CT molecular complexity index is 312. The van der Waals surface area contributed by atoms with E-state index in [-0.39, 0.29) is 11.9 Å². The molecular formula is C14H24O2. The average Bonchev–Trinajstić information content (AvgIpc) is 2.50. The molecule has 2 bridgehead atoms. The molecular weight excluding hydrogens is 200 g/mol. The predicted octanol–water partition coefficient (Wildman–Crippen LogP) is 3.35. The summed E-state index contributed by atoms with van der Waals surface area (Å²) in [5, 5.41) is 0. The van der Waals surface area contributed by atoms with Crippen molar-refractivity contribution >= 4 is 0 Å². The second kappa shape index (κ2) is 3.02. The maximum absolute atomic E-state index is 6.29. The van der Waals surface area contributed by atoms with Gasteiger partial charge in [0.1, 0.15) is 0 Å². The molecule has 1 spiro atoms. The van der Waals surface area contributed by atoms with Crippen LogP contribution in [0.3, 0.4) is 0 Å². The van der Waals surface area contributed by atoms with E-state index in [1.807, 2.05) is 6.92 Å². The highest BCUT2D eigenvalue weighted by molar-refractivity contribution is 5.18. The van der Waals surface area contributed by atoms with E-state index in [1.54, 1.807) is 0 Å². The molecule has 0 amide bonds. The van der Waals surface area contributed by atoms with Crippen molar-refractivity contribution in [3.05, 3.63) is 0 Å². The molecule has 3 fully saturated rings. The Morgan fingerprint density at radius 3 is 2.38 bits per heavy atom. The zero-order valence-electron chi connectivity index (χ0n) is 11.0. The van der Waals surface area contributed by atoms with Gasteiger partial charge < -0.3 is 9.47 Å². The average molecular weight is 224 g/mol. The maximum Gasteiger partial charge on any atom is 0.155 e. The molecule has 16 heavy (non-hydrogen) atoms. The number of rotatable bonds is 0. The first-order valence-corrected chi connectivity index (χ1v) is 6.71. The van der Waals surface area contributed by atoms with Gasteiger partial charge in [-0.1, -0.05) is 20.8 Å². The minimum atomic E-state index is -0.0132. The monoisotopic (exact) mass is 224 g/mol. The molecule has 0 N–H and O–H groups in total. The molecule has 0 aromatic rings. The fraction of sp³-hybridized carbons (Fsp3) is 1.00. The molecule has 2 nitrogen and oxygen atoms in total. The molecule has 0 unspecified atom stereocenters. The summed E-state index contributed by atoms with van der Waals surface area (Å²) in [6.45, 7) is 10.3. The summed E-state index contributed by atoms with van der Waals surface area (Å²) in [6, 6.07) is 0. The summed E-state index contributed by atoms with van der Waals surface area (Å²) in [7, 11) is 0. The van der Waals surface area contributed by atoms with Crippen LogP contribution in [0.25, 0.3) is 0 Å². The van der Waals surface area contributed by atoms with Crippen LogP contribution in [0.1, 0.15) is 53.4 Å². The number of fused-ring (bicyclic) bond motifs is 3. The lowest BCUT2D eigenvalue weighted by atomic mass is 9.63. The van der Waals surface area contributed by atoms with Crippen LogP contribution in [0.15, 0.2) is 0 Å². The Hall–Kier alpha value is -0.0800. The van der Waals surface area contributed by atoms with Crippen molar-refractivity contribution in [3.8, 4) is 0 Å². The highest BCUT2D eigenvalue weighted by atomic mass is 16.7. The van der Waals surface area contributed by atoms with Crippen molar-refractivity contribution in [2.45, 2.75) is 65.3 Å². The zero-order chi connectivity index (χ0) is 11.6. The number of ether oxygens (including phenoxy) is 2. The van der Waals surface area contributed by atoms with Gasteiger partial charge in [-0.2, -0.15) is 0 Å². The van der Waals surface area contributed by atoms with Gasteiger partial charge in [0.25, 0.3) is 0 Å². The van der Waals surface area contributed by atoms with Gasteiger partial charge in [-0.25, -0.2) is 0 Å². The highest BCUT2D eigenvalue weighted by Gasteiger charge is 2.70. The Kier molecular flexibility index (Phi) is 2.09. The lowest BCUT2D eigenvalue weighted by Crippen LogP contribution is -2.54. The first-order valence-electron chi connectivity index (χ1n) is 6.71. The molecule has 0 aromatic carbocycles. The molecule has 1 heterocycles. The van der Waals surface area contributed by atoms with E-state index in [2.05, 4.69) is 20.8 Å². The van der Waals surface area contributed by atoms with Gasteiger partial charge in [0.15, 0.2) is 6.29 Å². The Labute approximate surface area is 98.7 Å². The number of hydrogen-bond donors (Lipinski definition) is 0. The smallest absolute Gasteiger partial charge is 0.155 e. The third kappa shape index (κ3) is 1.06. The third-order valence-electron chi connectivity index (χ3n) is 6.27. The maximum atomic E-state index is 6.29. The van der Waals surface area contributed by atoms with Gasteiger partial charge in [-0.15, -0.1) is 0 Å². The van der Waals surface area contributed by atoms with Crippen molar-refractivity contribution in [1.29, 1.82) is 0 Å². The zero-order valence-corrected chi connectivity index (χ0v) is 11.0. The highest BCUT2D eigenvalue weighted by Crippen LogP contribution is 2.72. The summed E-state index contributed by atoms with van der Waals surface area (Å²) in [5.74, 6) is 0.850. The summed E-state index contributed by atoms with van der Waals surface area (Å²) in [5.41, 5.74) is 0.893. The first kappa shape index (κ1) is 11.0. The summed E-state index contributed by atoms with van der Waals surface area (Å²) >= 11 is 0. The van der Waals surface area contributed by atoms with Crippen LogP contribution in [0.5, 0.6) is 0 Å². The molecule has 0 radical (unpaired) electrons. The summed E-state index contributed by atoms with van der Waals surface area (Å²) in [4.78, 5) is 0. The predicted molar refractivity (Wildman–Crippen MR) is 63.1 cm³/mol. The molecule has 2 heteroatoms. The minimum Gasteiger partial charge on any atom is -0.353 e. The topological polar surface area (TPSA) is 18.5 Å². The molecule has 2 aliphatic carbocycles. The summed E-state index contributed by atoms with van der Waals surface area (Å²) < 4.78 is 11.8. The largest absolute Gasteiger partial charge is 0.353 e. The third-order valence-corrected chi connectivity index (χ3v) is 6.27. The van der Waals surface area contributed by atoms with Gasteiger partial charge in [-0.3, -0.25) is 0 Å². The Morgan fingerprint density at radius 2 is 1.88 bits per heavy atom. The van der Waals surface area contributed by atoms with Gasteiger partial charge in [-0.05, 0) is 37.5 Å². The summed E-state index contributed by atoms with van der Waals surface area (Å²) in [6.07, 6.45) is 5.06. The number of hydrogen-bond acceptors (Lipinski definition) is 2. The molecule has 3 aliphatic rings. The molecule has 2 saturated carbocycles. The van der Waals surface area contributed by atoms with Crippen molar-refractivity contribution in [2.24, 2.45) is 16.7 Å². The van der Waals surface area contributed by atoms with Crippen LogP contribution < -0.4 is 0 Å². The molecule has 1 saturated heterocycles. The molecule has 92 valence electrons. The lowest BCUT2D eigenvalue weighted by Gasteiger charge is -2.51. The van der Waals surface area contributed by atoms with Gasteiger partial charge in [0.05, 0.1) is 12.2 Å². The van der Waals surface area contributed by atoms with Gasteiger partial charge in [0, 0.05) is 11.8 Å². The fourth-order valence-corrected chi connectivity index (χ4v) is 4.75. The van der Waals surface area contributed by atoms with Crippen molar-refractivity contribution in [3.63, 3.8) is 0 Å². The van der Waals surface area contributed by atoms with E-state index in [1.165, 1.54) is 19.3 Å². The molecule has 4 atom stereocenters. The van der Waals surface area contributed by atoms with Crippen molar-refractivity contribution in [1.82, 2.24) is 0 Å². The SMILES string of the molecule is C[C@H]1OCC[C@]2(C[C@H]3CC[C@]2(C)C3(C)C)O1. The van der Waals surface area contributed by atoms with E-state index in [4.69, 9.17) is 9.47 Å². The fourth-order valence-electron chi connectivity index (χ4n) is 4.75. The normalized spacial score (nSPS) is 54.8. The second-order valence-corrected chi connectivity index (χ2v) is 6.79. The second-order valence-electron chi connectivity index (χ2n) is 6.79. The van der Waals surface area contributed by atoms with E-state index in [0.717, 1.165) is 18.9 Å². The standard InChI is InChI=1S/C14H24O2/c1-10-15-8-7-14(16-10)9-11-5-6-13(14,4)12(11,2)3/h10-11H,5-9H2,1-4H3/t10-,11+,13+,14+/m0/s1. The van der Waals surface area contributed by atoms with Gasteiger partial charge >= 0.3 is 0 Å². The van der Waals surface area contributed by atoms with Crippen LogP contribution in [-0.2, 0) is 9.47 Å². The van der Waals surface area contributed by atoms with Gasteiger partial charge in [0.2, 0.25) is 0 Å². The van der Waals surface area contributed by atoms with Crippen LogP contribution in [0, 0.1) is 16.7 Å². The van der Waals surface area contributed by atoms with Crippen molar-refractivity contribution < 1.29 is 9.47 Å². The molecule has 0 aromatic heterocycles. The van der Waals surface area contributed by atoms with E-state index in [0.29, 0.717) is 10.8 Å². The quantitative estimate of drug-likeness (QED) is 0.628. The molecule has 1 aliphatic heterocycles. The van der Waals surface area contributed by atoms with E-state index < -0.39 is 0 Å². The van der Waals surface area contributed by atoms with E-state index >= 15 is 0 Å². The van der Waals surface area contributed by atoms with Crippen LogP contribution >= 0.6 is 0 Å². The van der Waals surface area contributed by atoms with Crippen LogP contribution in [0.2, 0.25) is 0 Å². The van der Waals surface area contributed by atoms with Crippen LogP contribution in [-0.4, -0.2) is 18.5 Å².